The summed E-state index contributed by atoms with van der Waals surface area (Å²) in [6, 6.07) is 0. The van der Waals surface area contributed by atoms with Crippen LogP contribution in [0.15, 0.2) is 0 Å². The second-order valence-electron chi connectivity index (χ2n) is 7.37. The quantitative estimate of drug-likeness (QED) is 0.459. The molecule has 0 bridgehead atoms. The molecule has 1 N–H and O–H groups in total. The Bertz CT molecular complexity index is 151. The third-order valence-electron chi connectivity index (χ3n) is 4.12. The number of hydrogen-bond donors (Lipinski definition) is 1. The average molecular weight is 378 g/mol. The molecule has 1 aliphatic heterocycles. The SMILES string of the molecule is C1CCCCC1.C1CCCCC1.C1CN1.CC.CC.CCS(C)(C)C. The predicted molar refractivity (Wildman–Crippen MR) is 127 cm³/mol. The predicted octanol–water partition coefficient (Wildman–Crippen LogP) is 8.02. The van der Waals surface area contributed by atoms with E-state index >= 15 is 0 Å². The Kier molecular flexibility index (Phi) is 31.9. The van der Waals surface area contributed by atoms with E-state index in [9.17, 15) is 0 Å². The van der Waals surface area contributed by atoms with Gasteiger partial charge in [-0.05, 0) is 24.5 Å². The molecule has 2 saturated carbocycles. The summed E-state index contributed by atoms with van der Waals surface area (Å²) in [5.41, 5.74) is 0. The average Bonchev–Trinajstić information content (AvgIpc) is 3.58. The van der Waals surface area contributed by atoms with Crippen LogP contribution in [-0.4, -0.2) is 37.6 Å². The summed E-state index contributed by atoms with van der Waals surface area (Å²) in [6.07, 6.45) is 25.0. The first-order valence-electron chi connectivity index (χ1n) is 11.4. The van der Waals surface area contributed by atoms with Gasteiger partial charge >= 0.3 is 0 Å². The molecule has 2 heteroatoms. The minimum Gasteiger partial charge on any atom is -0.314 e. The standard InChI is InChI=1S/2C6H12.C5H14S.C2H5N.2C2H6/c2*1-2-4-6-5-3-1;1-5-6(2,3)4;1-2-3-1;2*1-2/h2*1-6H2;5H2,1-4H3;3H,1-2H2;2*1-2H3. The van der Waals surface area contributed by atoms with Crippen LogP contribution in [0.3, 0.4) is 0 Å². The summed E-state index contributed by atoms with van der Waals surface area (Å²) >= 11 is 0. The minimum absolute atomic E-state index is 0.162. The van der Waals surface area contributed by atoms with Crippen molar-refractivity contribution < 1.29 is 0 Å². The second-order valence-corrected chi connectivity index (χ2v) is 12.1. The van der Waals surface area contributed by atoms with Crippen molar-refractivity contribution in [3.63, 3.8) is 0 Å². The molecule has 0 spiro atoms. The van der Waals surface area contributed by atoms with Gasteiger partial charge in [0.2, 0.25) is 0 Å². The summed E-state index contributed by atoms with van der Waals surface area (Å²) in [7, 11) is -0.162. The van der Waals surface area contributed by atoms with E-state index in [4.69, 9.17) is 0 Å². The Balaban J connectivity index is -0.000000246. The van der Waals surface area contributed by atoms with E-state index in [1.807, 2.05) is 27.7 Å². The van der Waals surface area contributed by atoms with Crippen LogP contribution in [0.25, 0.3) is 0 Å². The maximum absolute atomic E-state index is 3.00. The van der Waals surface area contributed by atoms with Crippen molar-refractivity contribution in [1.29, 1.82) is 0 Å². The van der Waals surface area contributed by atoms with Gasteiger partial charge in [-0.1, -0.05) is 112 Å². The Hall–Kier alpha value is 0.310. The van der Waals surface area contributed by atoms with Crippen LogP contribution in [0.2, 0.25) is 0 Å². The lowest BCUT2D eigenvalue weighted by Crippen LogP contribution is -1.92. The van der Waals surface area contributed by atoms with Gasteiger partial charge in [0.05, 0.1) is 0 Å². The molecule has 0 radical (unpaired) electrons. The Morgan fingerprint density at radius 1 is 0.520 bits per heavy atom. The smallest absolute Gasteiger partial charge is 0.00772 e. The molecule has 25 heavy (non-hydrogen) atoms. The van der Waals surface area contributed by atoms with E-state index in [-0.39, 0.29) is 10.0 Å². The molecule has 0 aromatic rings. The normalized spacial score (nSPS) is 18.4. The third kappa shape index (κ3) is 45.5. The molecule has 0 atom stereocenters. The molecule has 158 valence electrons. The topological polar surface area (TPSA) is 21.9 Å². The number of hydrogen-bond acceptors (Lipinski definition) is 1. The van der Waals surface area contributed by atoms with Crippen molar-refractivity contribution in [3.05, 3.63) is 0 Å². The highest BCUT2D eigenvalue weighted by Crippen LogP contribution is 2.32. The van der Waals surface area contributed by atoms with Gasteiger partial charge in [-0.15, -0.1) is 0 Å². The van der Waals surface area contributed by atoms with E-state index in [0.717, 1.165) is 0 Å². The van der Waals surface area contributed by atoms with E-state index < -0.39 is 0 Å². The van der Waals surface area contributed by atoms with Crippen LogP contribution < -0.4 is 5.32 Å². The van der Waals surface area contributed by atoms with Gasteiger partial charge in [-0.3, -0.25) is 0 Å². The van der Waals surface area contributed by atoms with Crippen molar-refractivity contribution in [2.75, 3.05) is 37.6 Å². The van der Waals surface area contributed by atoms with Gasteiger partial charge < -0.3 is 5.32 Å². The fraction of sp³-hybridized carbons (Fsp3) is 1.00. The van der Waals surface area contributed by atoms with Crippen molar-refractivity contribution >= 4 is 10.0 Å². The van der Waals surface area contributed by atoms with Crippen LogP contribution in [0.4, 0.5) is 0 Å². The summed E-state index contributed by atoms with van der Waals surface area (Å²) in [4.78, 5) is 0. The minimum atomic E-state index is -0.162. The Morgan fingerprint density at radius 3 is 0.680 bits per heavy atom. The first-order chi connectivity index (χ1) is 12.1. The summed E-state index contributed by atoms with van der Waals surface area (Å²) < 4.78 is 0. The zero-order chi connectivity index (χ0) is 19.8. The number of rotatable bonds is 1. The monoisotopic (exact) mass is 377 g/mol. The molecular weight excluding hydrogens is 322 g/mol. The highest BCUT2D eigenvalue weighted by molar-refractivity contribution is 8.32. The van der Waals surface area contributed by atoms with Crippen LogP contribution in [-0.2, 0) is 0 Å². The van der Waals surface area contributed by atoms with Gasteiger partial charge in [0.1, 0.15) is 0 Å². The highest BCUT2D eigenvalue weighted by Gasteiger charge is 1.96. The first-order valence-corrected chi connectivity index (χ1v) is 14.5. The maximum Gasteiger partial charge on any atom is 0.00772 e. The lowest BCUT2D eigenvalue weighted by molar-refractivity contribution is 0.504. The summed E-state index contributed by atoms with van der Waals surface area (Å²) in [5.74, 6) is 1.35. The van der Waals surface area contributed by atoms with E-state index in [0.29, 0.717) is 0 Å². The Labute approximate surface area is 164 Å². The fourth-order valence-electron chi connectivity index (χ4n) is 2.12. The summed E-state index contributed by atoms with van der Waals surface area (Å²) in [5, 5.41) is 3.00. The third-order valence-corrected chi connectivity index (χ3v) is 5.85. The molecule has 1 heterocycles. The lowest BCUT2D eigenvalue weighted by atomic mass is 10.0. The zero-order valence-electron chi connectivity index (χ0n) is 19.5. The lowest BCUT2D eigenvalue weighted by Gasteiger charge is -2.21. The van der Waals surface area contributed by atoms with Crippen molar-refractivity contribution in [3.8, 4) is 0 Å². The highest BCUT2D eigenvalue weighted by atomic mass is 32.3. The van der Waals surface area contributed by atoms with E-state index in [2.05, 4.69) is 31.0 Å². The maximum atomic E-state index is 3.00. The second kappa shape index (κ2) is 26.5. The molecule has 2 aliphatic carbocycles. The van der Waals surface area contributed by atoms with Crippen LogP contribution >= 0.6 is 10.0 Å². The van der Waals surface area contributed by atoms with Gasteiger partial charge in [0.25, 0.3) is 0 Å². The molecule has 0 aromatic heterocycles. The van der Waals surface area contributed by atoms with Gasteiger partial charge in [0.15, 0.2) is 0 Å². The zero-order valence-corrected chi connectivity index (χ0v) is 20.3. The van der Waals surface area contributed by atoms with Gasteiger partial charge in [0, 0.05) is 13.1 Å². The largest absolute Gasteiger partial charge is 0.314 e. The Morgan fingerprint density at radius 2 is 0.640 bits per heavy atom. The van der Waals surface area contributed by atoms with Gasteiger partial charge in [-0.25, -0.2) is 10.0 Å². The van der Waals surface area contributed by atoms with Crippen molar-refractivity contribution in [2.45, 2.75) is 112 Å². The van der Waals surface area contributed by atoms with E-state index in [1.54, 1.807) is 0 Å². The van der Waals surface area contributed by atoms with E-state index in [1.165, 1.54) is 95.9 Å². The molecule has 3 aliphatic rings. The molecule has 0 unspecified atom stereocenters. The molecule has 0 amide bonds. The van der Waals surface area contributed by atoms with Crippen LogP contribution in [0, 0.1) is 0 Å². The molecule has 3 fully saturated rings. The van der Waals surface area contributed by atoms with Crippen molar-refractivity contribution in [1.82, 2.24) is 5.32 Å². The molecule has 1 nitrogen and oxygen atoms in total. The van der Waals surface area contributed by atoms with Crippen molar-refractivity contribution in [2.24, 2.45) is 0 Å². The van der Waals surface area contributed by atoms with Gasteiger partial charge in [-0.2, -0.15) is 0 Å². The first kappa shape index (κ1) is 30.1. The van der Waals surface area contributed by atoms with Crippen LogP contribution in [0.5, 0.6) is 0 Å². The number of nitrogens with one attached hydrogen (secondary N) is 1. The fourth-order valence-corrected chi connectivity index (χ4v) is 2.12. The summed E-state index contributed by atoms with van der Waals surface area (Å²) in [6.45, 7) is 12.7. The van der Waals surface area contributed by atoms with Crippen LogP contribution in [0.1, 0.15) is 112 Å². The molecular formula is C23H55NS. The molecule has 1 saturated heterocycles. The molecule has 0 aromatic carbocycles. The molecule has 3 rings (SSSR count).